The van der Waals surface area contributed by atoms with E-state index in [1.165, 1.54) is 6.07 Å². The number of hydrogen-bond donors (Lipinski definition) is 0. The molecule has 0 aliphatic heterocycles. The molecule has 23 heavy (non-hydrogen) atoms. The van der Waals surface area contributed by atoms with Gasteiger partial charge in [-0.15, -0.1) is 0 Å². The maximum Gasteiger partial charge on any atom is 0.141 e. The summed E-state index contributed by atoms with van der Waals surface area (Å²) in [6.45, 7) is 4.94. The number of hydrogen-bond acceptors (Lipinski definition) is 1. The highest BCUT2D eigenvalue weighted by Crippen LogP contribution is 2.29. The molecule has 0 aromatic heterocycles. The number of aliphatic imine (C=N–C) groups is 1. The molecule has 0 saturated heterocycles. The third kappa shape index (κ3) is 4.69. The SMILES string of the molecule is CCN(C)/C=N\c1cc(Cl)cc(Cc2ccc(F)c(Cl)c2)c1C. The first-order valence-electron chi connectivity index (χ1n) is 7.38. The molecular weight excluding hydrogens is 334 g/mol. The Bertz CT molecular complexity index is 729. The van der Waals surface area contributed by atoms with Gasteiger partial charge in [-0.25, -0.2) is 9.38 Å². The van der Waals surface area contributed by atoms with E-state index in [0.29, 0.717) is 11.4 Å². The molecule has 0 aliphatic carbocycles. The van der Waals surface area contributed by atoms with Crippen LogP contribution in [0.15, 0.2) is 35.3 Å². The van der Waals surface area contributed by atoms with E-state index in [4.69, 9.17) is 23.2 Å². The van der Waals surface area contributed by atoms with Crippen LogP contribution in [0.5, 0.6) is 0 Å². The lowest BCUT2D eigenvalue weighted by Gasteiger charge is -2.12. The molecule has 0 atom stereocenters. The van der Waals surface area contributed by atoms with Crippen molar-refractivity contribution >= 4 is 35.2 Å². The lowest BCUT2D eigenvalue weighted by atomic mass is 9.99. The second-order valence-electron chi connectivity index (χ2n) is 5.45. The van der Waals surface area contributed by atoms with E-state index in [1.807, 2.05) is 31.0 Å². The summed E-state index contributed by atoms with van der Waals surface area (Å²) in [6, 6.07) is 8.52. The molecule has 0 bridgehead atoms. The standard InChI is InChI=1S/C18H19Cl2FN2/c1-4-23(3)11-22-18-10-15(19)9-14(12(18)2)7-13-5-6-17(21)16(20)8-13/h5-6,8-11H,4,7H2,1-3H3/b22-11-. The highest BCUT2D eigenvalue weighted by atomic mass is 35.5. The predicted molar refractivity (Wildman–Crippen MR) is 96.9 cm³/mol. The Morgan fingerprint density at radius 3 is 2.61 bits per heavy atom. The summed E-state index contributed by atoms with van der Waals surface area (Å²) in [5.41, 5.74) is 3.87. The monoisotopic (exact) mass is 352 g/mol. The van der Waals surface area contributed by atoms with E-state index in [2.05, 4.69) is 11.9 Å². The van der Waals surface area contributed by atoms with Gasteiger partial charge in [0.2, 0.25) is 0 Å². The summed E-state index contributed by atoms with van der Waals surface area (Å²) >= 11 is 12.1. The number of nitrogens with zero attached hydrogens (tertiary/aromatic N) is 2. The van der Waals surface area contributed by atoms with Crippen LogP contribution in [0.25, 0.3) is 0 Å². The van der Waals surface area contributed by atoms with Crippen molar-refractivity contribution in [2.45, 2.75) is 20.3 Å². The van der Waals surface area contributed by atoms with E-state index < -0.39 is 5.82 Å². The summed E-state index contributed by atoms with van der Waals surface area (Å²) in [7, 11) is 1.96. The first kappa shape index (κ1) is 17.8. The van der Waals surface area contributed by atoms with Crippen LogP contribution in [0.3, 0.4) is 0 Å². The van der Waals surface area contributed by atoms with Crippen LogP contribution in [0.2, 0.25) is 10.0 Å². The fourth-order valence-corrected chi connectivity index (χ4v) is 2.59. The Morgan fingerprint density at radius 1 is 1.22 bits per heavy atom. The number of benzene rings is 2. The maximum atomic E-state index is 13.3. The van der Waals surface area contributed by atoms with E-state index >= 15 is 0 Å². The van der Waals surface area contributed by atoms with Gasteiger partial charge in [0.1, 0.15) is 5.82 Å². The molecule has 0 N–H and O–H groups in total. The van der Waals surface area contributed by atoms with Gasteiger partial charge in [0.05, 0.1) is 17.0 Å². The van der Waals surface area contributed by atoms with Crippen LogP contribution >= 0.6 is 23.2 Å². The van der Waals surface area contributed by atoms with Gasteiger partial charge < -0.3 is 4.90 Å². The first-order chi connectivity index (χ1) is 10.9. The van der Waals surface area contributed by atoms with Crippen LogP contribution in [0, 0.1) is 12.7 Å². The summed E-state index contributed by atoms with van der Waals surface area (Å²) in [6.07, 6.45) is 2.41. The summed E-state index contributed by atoms with van der Waals surface area (Å²) in [5.74, 6) is -0.411. The Balaban J connectivity index is 2.33. The van der Waals surface area contributed by atoms with E-state index in [0.717, 1.165) is 28.9 Å². The normalized spacial score (nSPS) is 11.2. The highest BCUT2D eigenvalue weighted by molar-refractivity contribution is 6.31. The Morgan fingerprint density at radius 2 is 1.96 bits per heavy atom. The van der Waals surface area contributed by atoms with E-state index in [9.17, 15) is 4.39 Å². The van der Waals surface area contributed by atoms with Gasteiger partial charge in [0.15, 0.2) is 0 Å². The fraction of sp³-hybridized carbons (Fsp3) is 0.278. The van der Waals surface area contributed by atoms with Gasteiger partial charge in [-0.05, 0) is 61.2 Å². The molecule has 0 spiro atoms. The molecular formula is C18H19Cl2FN2. The van der Waals surface area contributed by atoms with Gasteiger partial charge >= 0.3 is 0 Å². The average Bonchev–Trinajstić information content (AvgIpc) is 2.52. The van der Waals surface area contributed by atoms with Crippen molar-refractivity contribution in [1.29, 1.82) is 0 Å². The lowest BCUT2D eigenvalue weighted by Crippen LogP contribution is -2.14. The summed E-state index contributed by atoms with van der Waals surface area (Å²) < 4.78 is 13.3. The van der Waals surface area contributed by atoms with Gasteiger partial charge in [-0.2, -0.15) is 0 Å². The average molecular weight is 353 g/mol. The zero-order chi connectivity index (χ0) is 17.0. The largest absolute Gasteiger partial charge is 0.366 e. The molecule has 0 radical (unpaired) electrons. The molecule has 0 heterocycles. The van der Waals surface area contributed by atoms with Crippen LogP contribution in [0.4, 0.5) is 10.1 Å². The van der Waals surface area contributed by atoms with E-state index in [1.54, 1.807) is 18.5 Å². The molecule has 2 rings (SSSR count). The predicted octanol–water partition coefficient (Wildman–Crippen LogP) is 5.64. The maximum absolute atomic E-state index is 13.3. The minimum absolute atomic E-state index is 0.130. The zero-order valence-corrected chi connectivity index (χ0v) is 14.9. The third-order valence-corrected chi connectivity index (χ3v) is 4.23. The topological polar surface area (TPSA) is 15.6 Å². The fourth-order valence-electron chi connectivity index (χ4n) is 2.15. The van der Waals surface area contributed by atoms with Crippen LogP contribution < -0.4 is 0 Å². The second-order valence-corrected chi connectivity index (χ2v) is 6.30. The molecule has 0 unspecified atom stereocenters. The Hall–Kier alpha value is -1.58. The van der Waals surface area contributed by atoms with Gasteiger partial charge in [0.25, 0.3) is 0 Å². The van der Waals surface area contributed by atoms with Crippen molar-refractivity contribution in [1.82, 2.24) is 4.90 Å². The molecule has 2 nitrogen and oxygen atoms in total. The van der Waals surface area contributed by atoms with Crippen molar-refractivity contribution < 1.29 is 4.39 Å². The molecule has 5 heteroatoms. The summed E-state index contributed by atoms with van der Waals surface area (Å²) in [5, 5.41) is 0.759. The molecule has 0 saturated carbocycles. The third-order valence-electron chi connectivity index (χ3n) is 3.72. The second kappa shape index (κ2) is 7.80. The molecule has 0 aliphatic rings. The lowest BCUT2D eigenvalue weighted by molar-refractivity contribution is 0.552. The highest BCUT2D eigenvalue weighted by Gasteiger charge is 2.09. The molecule has 2 aromatic rings. The molecule has 0 amide bonds. The molecule has 2 aromatic carbocycles. The van der Waals surface area contributed by atoms with Crippen molar-refractivity contribution in [3.05, 3.63) is 62.9 Å². The van der Waals surface area contributed by atoms with Crippen molar-refractivity contribution in [2.24, 2.45) is 4.99 Å². The zero-order valence-electron chi connectivity index (χ0n) is 13.4. The smallest absolute Gasteiger partial charge is 0.141 e. The molecule has 122 valence electrons. The van der Waals surface area contributed by atoms with Crippen molar-refractivity contribution in [3.8, 4) is 0 Å². The van der Waals surface area contributed by atoms with Crippen LogP contribution in [-0.4, -0.2) is 24.8 Å². The number of halogens is 3. The number of rotatable bonds is 5. The van der Waals surface area contributed by atoms with Crippen LogP contribution in [-0.2, 0) is 6.42 Å². The Labute approximate surface area is 146 Å². The van der Waals surface area contributed by atoms with Crippen molar-refractivity contribution in [2.75, 3.05) is 13.6 Å². The molecule has 0 fully saturated rings. The van der Waals surface area contributed by atoms with Gasteiger partial charge in [-0.3, -0.25) is 0 Å². The first-order valence-corrected chi connectivity index (χ1v) is 8.13. The Kier molecular flexibility index (Phi) is 6.03. The minimum atomic E-state index is -0.411. The van der Waals surface area contributed by atoms with Crippen LogP contribution in [0.1, 0.15) is 23.6 Å². The minimum Gasteiger partial charge on any atom is -0.366 e. The summed E-state index contributed by atoms with van der Waals surface area (Å²) in [4.78, 5) is 6.49. The van der Waals surface area contributed by atoms with Gasteiger partial charge in [-0.1, -0.05) is 29.3 Å². The van der Waals surface area contributed by atoms with E-state index in [-0.39, 0.29) is 5.02 Å². The quantitative estimate of drug-likeness (QED) is 0.501. The van der Waals surface area contributed by atoms with Gasteiger partial charge in [0, 0.05) is 18.6 Å². The van der Waals surface area contributed by atoms with Crippen molar-refractivity contribution in [3.63, 3.8) is 0 Å².